The normalized spacial score (nSPS) is 18.7. The molecule has 1 aromatic rings. The van der Waals surface area contributed by atoms with Gasteiger partial charge in [0, 0.05) is 42.3 Å². The molecule has 1 atom stereocenters. The fraction of sp³-hybridized carbons (Fsp3) is 0.538. The molecule has 8 heteroatoms. The number of alkyl halides is 3. The monoisotopic (exact) mass is 430 g/mol. The molecule has 0 amide bonds. The molecule has 1 fully saturated rings. The molecule has 0 spiro atoms. The zero-order chi connectivity index (χ0) is 15.6. The Morgan fingerprint density at radius 2 is 1.86 bits per heavy atom. The number of hydrogen-bond donors (Lipinski definition) is 2. The van der Waals surface area contributed by atoms with E-state index in [4.69, 9.17) is 0 Å². The molecule has 1 aliphatic heterocycles. The fourth-order valence-electron chi connectivity index (χ4n) is 2.49. The van der Waals surface area contributed by atoms with Crippen molar-refractivity contribution in [3.8, 4) is 5.75 Å². The van der Waals surface area contributed by atoms with Crippen LogP contribution in [0.15, 0.2) is 21.1 Å². The third kappa shape index (κ3) is 4.58. The van der Waals surface area contributed by atoms with Gasteiger partial charge >= 0.3 is 6.18 Å². The highest BCUT2D eigenvalue weighted by molar-refractivity contribution is 9.11. The smallest absolute Gasteiger partial charge is 0.390 e. The molecule has 0 aromatic heterocycles. The van der Waals surface area contributed by atoms with Gasteiger partial charge in [0.1, 0.15) is 5.75 Å². The van der Waals surface area contributed by atoms with Crippen LogP contribution in [0.4, 0.5) is 13.2 Å². The van der Waals surface area contributed by atoms with Crippen molar-refractivity contribution < 1.29 is 18.3 Å². The van der Waals surface area contributed by atoms with Crippen LogP contribution in [-0.4, -0.2) is 42.4 Å². The number of rotatable bonds is 3. The van der Waals surface area contributed by atoms with Crippen LogP contribution in [0.2, 0.25) is 0 Å². The molecule has 2 N–H and O–H groups in total. The molecule has 3 nitrogen and oxygen atoms in total. The molecule has 2 rings (SSSR count). The lowest BCUT2D eigenvalue weighted by Gasteiger charge is -2.36. The molecule has 0 bridgehead atoms. The summed E-state index contributed by atoms with van der Waals surface area (Å²) >= 11 is 6.44. The highest BCUT2D eigenvalue weighted by Gasteiger charge is 2.37. The van der Waals surface area contributed by atoms with Crippen LogP contribution in [0.1, 0.15) is 18.0 Å². The summed E-state index contributed by atoms with van der Waals surface area (Å²) in [4.78, 5) is 1.76. The van der Waals surface area contributed by atoms with Gasteiger partial charge in [-0.3, -0.25) is 4.90 Å². The van der Waals surface area contributed by atoms with Crippen molar-refractivity contribution in [1.29, 1.82) is 0 Å². The molecule has 1 aromatic carbocycles. The van der Waals surface area contributed by atoms with E-state index in [1.165, 1.54) is 0 Å². The van der Waals surface area contributed by atoms with Crippen molar-refractivity contribution in [1.82, 2.24) is 10.2 Å². The number of aromatic hydroxyl groups is 1. The summed E-state index contributed by atoms with van der Waals surface area (Å²) < 4.78 is 39.8. The SMILES string of the molecule is Oc1c(Br)cc(Br)cc1[C@@H](CC(F)(F)F)N1CCNCC1. The van der Waals surface area contributed by atoms with Crippen LogP contribution in [0.3, 0.4) is 0 Å². The Bertz CT molecular complexity index is 505. The van der Waals surface area contributed by atoms with E-state index in [1.54, 1.807) is 17.0 Å². The first-order chi connectivity index (χ1) is 9.78. The number of piperazine rings is 1. The second-order valence-electron chi connectivity index (χ2n) is 4.95. The van der Waals surface area contributed by atoms with E-state index >= 15 is 0 Å². The van der Waals surface area contributed by atoms with Gasteiger partial charge in [-0.05, 0) is 28.1 Å². The lowest BCUT2D eigenvalue weighted by molar-refractivity contribution is -0.148. The Morgan fingerprint density at radius 1 is 1.24 bits per heavy atom. The van der Waals surface area contributed by atoms with Crippen molar-refractivity contribution in [2.45, 2.75) is 18.6 Å². The molecular formula is C13H15Br2F3N2O. The minimum absolute atomic E-state index is 0.133. The van der Waals surface area contributed by atoms with Gasteiger partial charge in [0.25, 0.3) is 0 Å². The predicted molar refractivity (Wildman–Crippen MR) is 81.4 cm³/mol. The van der Waals surface area contributed by atoms with E-state index in [1.807, 2.05) is 0 Å². The summed E-state index contributed by atoms with van der Waals surface area (Å²) in [6.45, 7) is 2.32. The maximum absolute atomic E-state index is 12.9. The molecule has 118 valence electrons. The summed E-state index contributed by atoms with van der Waals surface area (Å²) in [6.07, 6.45) is -5.28. The zero-order valence-electron chi connectivity index (χ0n) is 11.1. The number of nitrogens with zero attached hydrogens (tertiary/aromatic N) is 1. The lowest BCUT2D eigenvalue weighted by atomic mass is 10.00. The van der Waals surface area contributed by atoms with Crippen molar-refractivity contribution in [3.63, 3.8) is 0 Å². The molecular weight excluding hydrogens is 417 g/mol. The molecule has 1 aliphatic rings. The average Bonchev–Trinajstić information content (AvgIpc) is 2.40. The van der Waals surface area contributed by atoms with Gasteiger partial charge in [-0.25, -0.2) is 0 Å². The summed E-state index contributed by atoms with van der Waals surface area (Å²) in [5, 5.41) is 13.3. The summed E-state index contributed by atoms with van der Waals surface area (Å²) in [6, 6.07) is 2.28. The third-order valence-corrected chi connectivity index (χ3v) is 4.50. The fourth-order valence-corrected chi connectivity index (χ4v) is 3.75. The van der Waals surface area contributed by atoms with Gasteiger partial charge in [0.2, 0.25) is 0 Å². The van der Waals surface area contributed by atoms with Gasteiger partial charge in [-0.2, -0.15) is 13.2 Å². The second kappa shape index (κ2) is 6.85. The third-order valence-electron chi connectivity index (χ3n) is 3.43. The molecule has 0 radical (unpaired) electrons. The Labute approximate surface area is 137 Å². The van der Waals surface area contributed by atoms with Crippen LogP contribution in [0, 0.1) is 0 Å². The van der Waals surface area contributed by atoms with E-state index in [-0.39, 0.29) is 11.3 Å². The molecule has 0 saturated carbocycles. The number of benzene rings is 1. The van der Waals surface area contributed by atoms with Crippen LogP contribution < -0.4 is 5.32 Å². The van der Waals surface area contributed by atoms with E-state index in [2.05, 4.69) is 37.2 Å². The zero-order valence-corrected chi connectivity index (χ0v) is 14.2. The Balaban J connectivity index is 2.38. The standard InChI is InChI=1S/C13H15Br2F3N2O/c14-8-5-9(12(21)10(15)6-8)11(7-13(16,17)18)20-3-1-19-2-4-20/h5-6,11,19,21H,1-4,7H2/t11-/m1/s1. The first-order valence-electron chi connectivity index (χ1n) is 6.47. The Hall–Kier alpha value is -0.310. The van der Waals surface area contributed by atoms with Crippen molar-refractivity contribution in [2.24, 2.45) is 0 Å². The van der Waals surface area contributed by atoms with Crippen molar-refractivity contribution in [3.05, 3.63) is 26.6 Å². The van der Waals surface area contributed by atoms with E-state index in [0.29, 0.717) is 35.1 Å². The van der Waals surface area contributed by atoms with E-state index < -0.39 is 18.6 Å². The summed E-state index contributed by atoms with van der Waals surface area (Å²) in [5.41, 5.74) is 0.287. The largest absolute Gasteiger partial charge is 0.506 e. The second-order valence-corrected chi connectivity index (χ2v) is 6.72. The molecule has 0 unspecified atom stereocenters. The number of hydrogen-bond acceptors (Lipinski definition) is 3. The lowest BCUT2D eigenvalue weighted by Crippen LogP contribution is -2.46. The maximum atomic E-state index is 12.9. The van der Waals surface area contributed by atoms with Crippen molar-refractivity contribution >= 4 is 31.9 Å². The van der Waals surface area contributed by atoms with Crippen LogP contribution in [0.25, 0.3) is 0 Å². The average molecular weight is 432 g/mol. The van der Waals surface area contributed by atoms with Crippen LogP contribution >= 0.6 is 31.9 Å². The van der Waals surface area contributed by atoms with E-state index in [0.717, 1.165) is 0 Å². The highest BCUT2D eigenvalue weighted by atomic mass is 79.9. The minimum Gasteiger partial charge on any atom is -0.506 e. The molecule has 0 aliphatic carbocycles. The maximum Gasteiger partial charge on any atom is 0.390 e. The molecule has 21 heavy (non-hydrogen) atoms. The number of phenols is 1. The quantitative estimate of drug-likeness (QED) is 0.763. The van der Waals surface area contributed by atoms with Gasteiger partial charge in [0.05, 0.1) is 10.9 Å². The van der Waals surface area contributed by atoms with Gasteiger partial charge in [0.15, 0.2) is 0 Å². The Kier molecular flexibility index (Phi) is 5.56. The van der Waals surface area contributed by atoms with Crippen LogP contribution in [-0.2, 0) is 0 Å². The van der Waals surface area contributed by atoms with Gasteiger partial charge in [-0.15, -0.1) is 0 Å². The predicted octanol–water partition coefficient (Wildman–Crippen LogP) is 3.82. The Morgan fingerprint density at radius 3 is 2.43 bits per heavy atom. The molecule has 1 heterocycles. The number of halogens is 5. The number of nitrogens with one attached hydrogen (secondary N) is 1. The first-order valence-corrected chi connectivity index (χ1v) is 8.06. The molecule has 1 saturated heterocycles. The summed E-state index contributed by atoms with van der Waals surface area (Å²) in [5.74, 6) is -0.133. The highest BCUT2D eigenvalue weighted by Crippen LogP contribution is 2.42. The van der Waals surface area contributed by atoms with Gasteiger partial charge < -0.3 is 10.4 Å². The van der Waals surface area contributed by atoms with Gasteiger partial charge in [-0.1, -0.05) is 15.9 Å². The summed E-state index contributed by atoms with van der Waals surface area (Å²) in [7, 11) is 0. The van der Waals surface area contributed by atoms with Crippen molar-refractivity contribution in [2.75, 3.05) is 26.2 Å². The topological polar surface area (TPSA) is 35.5 Å². The van der Waals surface area contributed by atoms with E-state index in [9.17, 15) is 18.3 Å². The first kappa shape index (κ1) is 17.1. The number of phenolic OH excluding ortho intramolecular Hbond substituents is 1. The van der Waals surface area contributed by atoms with Crippen LogP contribution in [0.5, 0.6) is 5.75 Å². The minimum atomic E-state index is -4.29.